The summed E-state index contributed by atoms with van der Waals surface area (Å²) in [6.45, 7) is 4.16. The van der Waals surface area contributed by atoms with Crippen molar-refractivity contribution in [1.82, 2.24) is 20.3 Å². The molecule has 6 heteroatoms. The van der Waals surface area contributed by atoms with E-state index in [0.717, 1.165) is 25.2 Å². The number of rotatable bonds is 4. The first-order valence-electron chi connectivity index (χ1n) is 5.19. The van der Waals surface area contributed by atoms with Crippen molar-refractivity contribution in [2.45, 2.75) is 30.5 Å². The van der Waals surface area contributed by atoms with Crippen LogP contribution >= 0.6 is 11.8 Å². The molecule has 1 saturated heterocycles. The third-order valence-electron chi connectivity index (χ3n) is 2.33. The minimum Gasteiger partial charge on any atom is -0.396 e. The summed E-state index contributed by atoms with van der Waals surface area (Å²) in [5.74, 6) is 0. The topological polar surface area (TPSA) is 63.0 Å². The minimum atomic E-state index is 0.197. The van der Waals surface area contributed by atoms with Crippen molar-refractivity contribution in [2.75, 3.05) is 13.2 Å². The molecule has 1 aromatic heterocycles. The normalized spacial score (nSPS) is 26.0. The zero-order valence-electron chi connectivity index (χ0n) is 8.76. The third kappa shape index (κ3) is 2.70. The number of hydrogen-bond acceptors (Lipinski definition) is 5. The van der Waals surface area contributed by atoms with E-state index >= 15 is 0 Å². The van der Waals surface area contributed by atoms with Gasteiger partial charge in [-0.05, 0) is 6.42 Å². The maximum Gasteiger partial charge on any atom is 0.110 e. The SMILES string of the molecule is CC1CNC(c2cn(CCCO)nn2)S1. The number of aliphatic hydroxyl groups is 1. The molecule has 2 atom stereocenters. The summed E-state index contributed by atoms with van der Waals surface area (Å²) in [6, 6.07) is 0. The molecule has 2 N–H and O–H groups in total. The summed E-state index contributed by atoms with van der Waals surface area (Å²) >= 11 is 1.88. The van der Waals surface area contributed by atoms with Crippen molar-refractivity contribution in [3.05, 3.63) is 11.9 Å². The summed E-state index contributed by atoms with van der Waals surface area (Å²) in [4.78, 5) is 0. The van der Waals surface area contributed by atoms with Crippen molar-refractivity contribution in [2.24, 2.45) is 0 Å². The number of nitrogens with zero attached hydrogens (tertiary/aromatic N) is 3. The quantitative estimate of drug-likeness (QED) is 0.780. The average molecular weight is 228 g/mol. The molecular weight excluding hydrogens is 212 g/mol. The van der Waals surface area contributed by atoms with E-state index in [4.69, 9.17) is 5.11 Å². The molecular formula is C9H16N4OS. The van der Waals surface area contributed by atoms with Gasteiger partial charge < -0.3 is 5.11 Å². The van der Waals surface area contributed by atoms with Gasteiger partial charge in [-0.15, -0.1) is 16.9 Å². The second kappa shape index (κ2) is 4.96. The van der Waals surface area contributed by atoms with Crippen LogP contribution in [0.5, 0.6) is 0 Å². The van der Waals surface area contributed by atoms with Gasteiger partial charge in [0.05, 0.1) is 6.20 Å². The molecule has 0 spiro atoms. The van der Waals surface area contributed by atoms with Crippen molar-refractivity contribution in [3.63, 3.8) is 0 Å². The van der Waals surface area contributed by atoms with Crippen LogP contribution in [0.1, 0.15) is 24.4 Å². The predicted molar refractivity (Wildman–Crippen MR) is 59.5 cm³/mol. The van der Waals surface area contributed by atoms with Gasteiger partial charge in [0, 0.05) is 24.9 Å². The van der Waals surface area contributed by atoms with Crippen molar-refractivity contribution in [3.8, 4) is 0 Å². The van der Waals surface area contributed by atoms with E-state index in [1.807, 2.05) is 18.0 Å². The molecule has 1 fully saturated rings. The van der Waals surface area contributed by atoms with E-state index in [0.29, 0.717) is 5.25 Å². The molecule has 0 amide bonds. The Morgan fingerprint density at radius 1 is 1.73 bits per heavy atom. The Hall–Kier alpha value is -0.590. The lowest BCUT2D eigenvalue weighted by Gasteiger charge is -2.03. The Morgan fingerprint density at radius 2 is 2.60 bits per heavy atom. The highest BCUT2D eigenvalue weighted by molar-refractivity contribution is 8.00. The maximum absolute atomic E-state index is 8.70. The minimum absolute atomic E-state index is 0.197. The first-order valence-corrected chi connectivity index (χ1v) is 6.13. The number of nitrogens with one attached hydrogen (secondary N) is 1. The second-order valence-corrected chi connectivity index (χ2v) is 5.27. The van der Waals surface area contributed by atoms with Crippen LogP contribution in [-0.2, 0) is 6.54 Å². The lowest BCUT2D eigenvalue weighted by Crippen LogP contribution is -2.14. The molecule has 1 aliphatic heterocycles. The second-order valence-electron chi connectivity index (χ2n) is 3.72. The Kier molecular flexibility index (Phi) is 3.61. The molecule has 0 aromatic carbocycles. The lowest BCUT2D eigenvalue weighted by atomic mass is 10.4. The maximum atomic E-state index is 8.70. The molecule has 2 heterocycles. The Bertz CT molecular complexity index is 317. The fourth-order valence-corrected chi connectivity index (χ4v) is 2.65. The van der Waals surface area contributed by atoms with Crippen LogP contribution in [0.25, 0.3) is 0 Å². The van der Waals surface area contributed by atoms with E-state index in [2.05, 4.69) is 22.6 Å². The van der Waals surface area contributed by atoms with Gasteiger partial charge in [0.15, 0.2) is 0 Å². The van der Waals surface area contributed by atoms with Crippen molar-refractivity contribution in [1.29, 1.82) is 0 Å². The van der Waals surface area contributed by atoms with Crippen LogP contribution in [0.4, 0.5) is 0 Å². The van der Waals surface area contributed by atoms with Crippen LogP contribution in [0.15, 0.2) is 6.20 Å². The first-order chi connectivity index (χ1) is 7.29. The van der Waals surface area contributed by atoms with Gasteiger partial charge in [-0.3, -0.25) is 10.00 Å². The van der Waals surface area contributed by atoms with Gasteiger partial charge in [-0.1, -0.05) is 12.1 Å². The number of hydrogen-bond donors (Lipinski definition) is 2. The molecule has 0 aliphatic carbocycles. The van der Waals surface area contributed by atoms with Crippen LogP contribution in [0.3, 0.4) is 0 Å². The van der Waals surface area contributed by atoms with Crippen LogP contribution in [-0.4, -0.2) is 38.5 Å². The van der Waals surface area contributed by atoms with E-state index in [-0.39, 0.29) is 12.0 Å². The molecule has 1 aromatic rings. The van der Waals surface area contributed by atoms with Gasteiger partial charge in [-0.2, -0.15) is 0 Å². The summed E-state index contributed by atoms with van der Waals surface area (Å²) in [5, 5.41) is 21.2. The zero-order chi connectivity index (χ0) is 10.7. The predicted octanol–water partition coefficient (Wildman–Crippen LogP) is 0.384. The molecule has 2 rings (SSSR count). The lowest BCUT2D eigenvalue weighted by molar-refractivity contribution is 0.276. The molecule has 1 aliphatic rings. The number of aromatic nitrogens is 3. The highest BCUT2D eigenvalue weighted by atomic mass is 32.2. The van der Waals surface area contributed by atoms with E-state index in [1.165, 1.54) is 0 Å². The van der Waals surface area contributed by atoms with Gasteiger partial charge in [0.25, 0.3) is 0 Å². The molecule has 0 saturated carbocycles. The monoisotopic (exact) mass is 228 g/mol. The van der Waals surface area contributed by atoms with Gasteiger partial charge in [0.1, 0.15) is 11.1 Å². The molecule has 84 valence electrons. The first kappa shape index (κ1) is 10.9. The molecule has 0 radical (unpaired) electrons. The van der Waals surface area contributed by atoms with Crippen LogP contribution in [0, 0.1) is 0 Å². The third-order valence-corrected chi connectivity index (χ3v) is 3.64. The van der Waals surface area contributed by atoms with Crippen LogP contribution < -0.4 is 5.32 Å². The Labute approximate surface area is 93.2 Å². The summed E-state index contributed by atoms with van der Waals surface area (Å²) < 4.78 is 1.79. The van der Waals surface area contributed by atoms with Crippen LogP contribution in [0.2, 0.25) is 0 Å². The summed E-state index contributed by atoms with van der Waals surface area (Å²) in [6.07, 6.45) is 2.68. The zero-order valence-corrected chi connectivity index (χ0v) is 9.57. The van der Waals surface area contributed by atoms with Gasteiger partial charge >= 0.3 is 0 Å². The number of thioether (sulfide) groups is 1. The smallest absolute Gasteiger partial charge is 0.110 e. The van der Waals surface area contributed by atoms with E-state index in [9.17, 15) is 0 Å². The number of aryl methyl sites for hydroxylation is 1. The van der Waals surface area contributed by atoms with Gasteiger partial charge in [-0.25, -0.2) is 0 Å². The molecule has 2 unspecified atom stereocenters. The van der Waals surface area contributed by atoms with Crippen molar-refractivity contribution < 1.29 is 5.11 Å². The number of aliphatic hydroxyl groups excluding tert-OH is 1. The van der Waals surface area contributed by atoms with Crippen molar-refractivity contribution >= 4 is 11.8 Å². The van der Waals surface area contributed by atoms with E-state index < -0.39 is 0 Å². The average Bonchev–Trinajstić information content (AvgIpc) is 2.83. The van der Waals surface area contributed by atoms with Gasteiger partial charge in [0.2, 0.25) is 0 Å². The molecule has 0 bridgehead atoms. The largest absolute Gasteiger partial charge is 0.396 e. The highest BCUT2D eigenvalue weighted by Gasteiger charge is 2.24. The Balaban J connectivity index is 1.94. The highest BCUT2D eigenvalue weighted by Crippen LogP contribution is 2.33. The fourth-order valence-electron chi connectivity index (χ4n) is 1.55. The molecule has 15 heavy (non-hydrogen) atoms. The molecule has 5 nitrogen and oxygen atoms in total. The van der Waals surface area contributed by atoms with E-state index in [1.54, 1.807) is 4.68 Å². The summed E-state index contributed by atoms with van der Waals surface area (Å²) in [7, 11) is 0. The standard InChI is InChI=1S/C9H16N4OS/c1-7-5-10-9(15-7)8-6-13(12-11-8)3-2-4-14/h6-7,9-10,14H,2-5H2,1H3. The fraction of sp³-hybridized carbons (Fsp3) is 0.778. The Morgan fingerprint density at radius 3 is 3.27 bits per heavy atom. The summed E-state index contributed by atoms with van der Waals surface area (Å²) in [5.41, 5.74) is 0.988.